The summed E-state index contributed by atoms with van der Waals surface area (Å²) in [4.78, 5) is 0. The van der Waals surface area contributed by atoms with Gasteiger partial charge in [0.1, 0.15) is 11.6 Å². The third-order valence-electron chi connectivity index (χ3n) is 1.23. The molecule has 0 aliphatic heterocycles. The fourth-order valence-electron chi connectivity index (χ4n) is 0.694. The summed E-state index contributed by atoms with van der Waals surface area (Å²) < 4.78 is 23.2. The van der Waals surface area contributed by atoms with E-state index in [1.807, 2.05) is 22.6 Å². The molecule has 4 heteroatoms. The minimum Gasteiger partial charge on any atom is -0.467 e. The average Bonchev–Trinajstić information content (AvgIpc) is 2.07. The average molecular weight is 282 g/mol. The van der Waals surface area contributed by atoms with E-state index >= 15 is 0 Å². The lowest BCUT2D eigenvalue weighted by atomic mass is 10.3. The summed E-state index contributed by atoms with van der Waals surface area (Å²) in [5.74, 6) is 0.207. The van der Waals surface area contributed by atoms with Gasteiger partial charge in [0.15, 0.2) is 6.79 Å². The fraction of sp³-hybridized carbons (Fsp3) is 0.250. The molecule has 0 saturated carbocycles. The Labute approximate surface area is 83.8 Å². The van der Waals surface area contributed by atoms with Crippen LogP contribution in [0.4, 0.5) is 4.39 Å². The molecule has 0 saturated heterocycles. The first-order valence-electron chi connectivity index (χ1n) is 3.31. The largest absolute Gasteiger partial charge is 0.467 e. The molecule has 0 aliphatic carbocycles. The second-order valence-corrected chi connectivity index (χ2v) is 3.29. The van der Waals surface area contributed by atoms with Crippen LogP contribution in [0.25, 0.3) is 0 Å². The normalized spacial score (nSPS) is 9.92. The highest BCUT2D eigenvalue weighted by atomic mass is 127. The molecule has 0 amide bonds. The quantitative estimate of drug-likeness (QED) is 0.626. The van der Waals surface area contributed by atoms with Crippen LogP contribution in [0.3, 0.4) is 0 Å². The van der Waals surface area contributed by atoms with E-state index in [1.54, 1.807) is 12.1 Å². The summed E-state index contributed by atoms with van der Waals surface area (Å²) in [5, 5.41) is 0. The van der Waals surface area contributed by atoms with Gasteiger partial charge in [0, 0.05) is 16.7 Å². The molecule has 0 N–H and O–H groups in total. The van der Waals surface area contributed by atoms with Gasteiger partial charge in [-0.15, -0.1) is 0 Å². The monoisotopic (exact) mass is 282 g/mol. The lowest BCUT2D eigenvalue weighted by molar-refractivity contribution is 0.0509. The standard InChI is InChI=1S/C8H8FIO2/c1-11-5-12-6-2-3-8(10)7(9)4-6/h2-4H,5H2,1H3. The first-order chi connectivity index (χ1) is 5.74. The molecule has 1 rings (SSSR count). The SMILES string of the molecule is COCOc1ccc(I)c(F)c1. The van der Waals surface area contributed by atoms with Crippen molar-refractivity contribution in [2.75, 3.05) is 13.9 Å². The number of ether oxygens (including phenoxy) is 2. The molecule has 0 aliphatic rings. The smallest absolute Gasteiger partial charge is 0.188 e. The van der Waals surface area contributed by atoms with Crippen LogP contribution in [-0.4, -0.2) is 13.9 Å². The number of halogens is 2. The van der Waals surface area contributed by atoms with E-state index in [1.165, 1.54) is 13.2 Å². The van der Waals surface area contributed by atoms with Crippen molar-refractivity contribution in [1.29, 1.82) is 0 Å². The van der Waals surface area contributed by atoms with Crippen LogP contribution in [0.15, 0.2) is 18.2 Å². The van der Waals surface area contributed by atoms with E-state index in [-0.39, 0.29) is 12.6 Å². The summed E-state index contributed by atoms with van der Waals surface area (Å²) in [5.41, 5.74) is 0. The van der Waals surface area contributed by atoms with Crippen LogP contribution >= 0.6 is 22.6 Å². The van der Waals surface area contributed by atoms with E-state index in [9.17, 15) is 4.39 Å². The number of hydrogen-bond acceptors (Lipinski definition) is 2. The topological polar surface area (TPSA) is 18.5 Å². The first kappa shape index (κ1) is 9.73. The summed E-state index contributed by atoms with van der Waals surface area (Å²) in [7, 11) is 1.52. The highest BCUT2D eigenvalue weighted by molar-refractivity contribution is 14.1. The summed E-state index contributed by atoms with van der Waals surface area (Å²) in [6.07, 6.45) is 0. The van der Waals surface area contributed by atoms with Gasteiger partial charge in [-0.05, 0) is 34.7 Å². The van der Waals surface area contributed by atoms with Crippen LogP contribution in [0.5, 0.6) is 5.75 Å². The lowest BCUT2D eigenvalue weighted by Gasteiger charge is -2.04. The highest BCUT2D eigenvalue weighted by Crippen LogP contribution is 2.17. The second kappa shape index (κ2) is 4.61. The van der Waals surface area contributed by atoms with Gasteiger partial charge >= 0.3 is 0 Å². The Kier molecular flexibility index (Phi) is 3.74. The van der Waals surface area contributed by atoms with Gasteiger partial charge in [-0.2, -0.15) is 0 Å². The van der Waals surface area contributed by atoms with Gasteiger partial charge < -0.3 is 9.47 Å². The van der Waals surface area contributed by atoms with Crippen molar-refractivity contribution in [3.63, 3.8) is 0 Å². The van der Waals surface area contributed by atoms with E-state index in [0.717, 1.165) is 0 Å². The molecule has 0 bridgehead atoms. The van der Waals surface area contributed by atoms with Gasteiger partial charge in [-0.1, -0.05) is 0 Å². The molecule has 0 aromatic heterocycles. The minimum absolute atomic E-state index is 0.139. The van der Waals surface area contributed by atoms with Gasteiger partial charge in [-0.3, -0.25) is 0 Å². The summed E-state index contributed by atoms with van der Waals surface area (Å²) in [6.45, 7) is 0.139. The molecular weight excluding hydrogens is 274 g/mol. The Bertz CT molecular complexity index is 265. The Hall–Kier alpha value is -0.360. The molecule has 1 aromatic rings. The van der Waals surface area contributed by atoms with Crippen molar-refractivity contribution in [3.05, 3.63) is 27.6 Å². The van der Waals surface area contributed by atoms with Crippen LogP contribution in [-0.2, 0) is 4.74 Å². The predicted octanol–water partition coefficient (Wildman–Crippen LogP) is 2.41. The van der Waals surface area contributed by atoms with Crippen molar-refractivity contribution >= 4 is 22.6 Å². The van der Waals surface area contributed by atoms with Crippen molar-refractivity contribution in [2.45, 2.75) is 0 Å². The van der Waals surface area contributed by atoms with Crippen LogP contribution in [0.1, 0.15) is 0 Å². The molecule has 0 spiro atoms. The number of rotatable bonds is 3. The molecule has 0 radical (unpaired) electrons. The molecule has 2 nitrogen and oxygen atoms in total. The third-order valence-corrected chi connectivity index (χ3v) is 2.11. The zero-order valence-corrected chi connectivity index (χ0v) is 8.67. The minimum atomic E-state index is -0.274. The maximum Gasteiger partial charge on any atom is 0.188 e. The van der Waals surface area contributed by atoms with Crippen LogP contribution < -0.4 is 4.74 Å². The van der Waals surface area contributed by atoms with Crippen LogP contribution in [0, 0.1) is 9.39 Å². The highest BCUT2D eigenvalue weighted by Gasteiger charge is 2.00. The molecular formula is C8H8FIO2. The number of methoxy groups -OCH3 is 1. The molecule has 1 aromatic carbocycles. The maximum atomic E-state index is 12.9. The molecule has 0 heterocycles. The first-order valence-corrected chi connectivity index (χ1v) is 4.38. The van der Waals surface area contributed by atoms with Gasteiger partial charge in [-0.25, -0.2) is 4.39 Å². The molecule has 66 valence electrons. The van der Waals surface area contributed by atoms with Gasteiger partial charge in [0.2, 0.25) is 0 Å². The van der Waals surface area contributed by atoms with Crippen molar-refractivity contribution in [1.82, 2.24) is 0 Å². The third kappa shape index (κ3) is 2.60. The summed E-state index contributed by atoms with van der Waals surface area (Å²) in [6, 6.07) is 4.69. The van der Waals surface area contributed by atoms with E-state index in [4.69, 9.17) is 4.74 Å². The summed E-state index contributed by atoms with van der Waals surface area (Å²) >= 11 is 1.92. The molecule has 0 atom stereocenters. The van der Waals surface area contributed by atoms with E-state index in [2.05, 4.69) is 4.74 Å². The fourth-order valence-corrected chi connectivity index (χ4v) is 1.03. The number of hydrogen-bond donors (Lipinski definition) is 0. The lowest BCUT2D eigenvalue weighted by Crippen LogP contribution is -1.99. The number of benzene rings is 1. The molecule has 12 heavy (non-hydrogen) atoms. The Morgan fingerprint density at radius 1 is 1.50 bits per heavy atom. The zero-order chi connectivity index (χ0) is 8.97. The Balaban J connectivity index is 2.69. The van der Waals surface area contributed by atoms with E-state index in [0.29, 0.717) is 9.32 Å². The Morgan fingerprint density at radius 3 is 2.83 bits per heavy atom. The zero-order valence-electron chi connectivity index (χ0n) is 6.51. The van der Waals surface area contributed by atoms with Gasteiger partial charge in [0.05, 0.1) is 0 Å². The van der Waals surface area contributed by atoms with Crippen molar-refractivity contribution < 1.29 is 13.9 Å². The second-order valence-electron chi connectivity index (χ2n) is 2.13. The predicted molar refractivity (Wildman–Crippen MR) is 51.6 cm³/mol. The van der Waals surface area contributed by atoms with Crippen molar-refractivity contribution in [2.24, 2.45) is 0 Å². The van der Waals surface area contributed by atoms with Crippen molar-refractivity contribution in [3.8, 4) is 5.75 Å². The van der Waals surface area contributed by atoms with Crippen LogP contribution in [0.2, 0.25) is 0 Å². The maximum absolute atomic E-state index is 12.9. The Morgan fingerprint density at radius 2 is 2.25 bits per heavy atom. The van der Waals surface area contributed by atoms with Gasteiger partial charge in [0.25, 0.3) is 0 Å². The molecule has 0 unspecified atom stereocenters. The molecule has 0 fully saturated rings. The van der Waals surface area contributed by atoms with E-state index < -0.39 is 0 Å².